The molecule has 0 fully saturated rings. The number of nitrogens with zero attached hydrogens (tertiary/aromatic N) is 2. The van der Waals surface area contributed by atoms with Crippen molar-refractivity contribution in [1.82, 2.24) is 0 Å². The van der Waals surface area contributed by atoms with Crippen LogP contribution in [-0.4, -0.2) is 48.8 Å². The molecule has 3 atom stereocenters. The second kappa shape index (κ2) is 13.1. The average Bonchev–Trinajstić information content (AvgIpc) is 2.66. The Morgan fingerprint density at radius 1 is 0.903 bits per heavy atom. The lowest BCUT2D eigenvalue weighted by atomic mass is 10.1. The van der Waals surface area contributed by atoms with Crippen LogP contribution in [0.4, 0.5) is 5.69 Å². The van der Waals surface area contributed by atoms with E-state index in [-0.39, 0.29) is 0 Å². The Morgan fingerprint density at radius 2 is 1.48 bits per heavy atom. The molecule has 0 spiro atoms. The van der Waals surface area contributed by atoms with Crippen molar-refractivity contribution >= 4 is 41.2 Å². The maximum atomic E-state index is 11.6. The van der Waals surface area contributed by atoms with Crippen molar-refractivity contribution < 1.29 is 38.1 Å². The number of hydrogen-bond donors (Lipinski definition) is 0. The highest BCUT2D eigenvalue weighted by atomic mass is 35.5. The van der Waals surface area contributed by atoms with Crippen LogP contribution in [0, 0.1) is 0 Å². The summed E-state index contributed by atoms with van der Waals surface area (Å²) >= 11 is 5.81. The van der Waals surface area contributed by atoms with Gasteiger partial charge in [0.25, 0.3) is 0 Å². The normalized spacial score (nSPS) is 14.0. The molecule has 31 heavy (non-hydrogen) atoms. The number of rotatable bonds is 10. The van der Waals surface area contributed by atoms with Gasteiger partial charge in [-0.25, -0.2) is 0 Å². The fourth-order valence-corrected chi connectivity index (χ4v) is 2.42. The van der Waals surface area contributed by atoms with Crippen molar-refractivity contribution in [2.24, 2.45) is 10.2 Å². The zero-order valence-electron chi connectivity index (χ0n) is 17.4. The number of ether oxygens (including phenoxy) is 4. The summed E-state index contributed by atoms with van der Waals surface area (Å²) in [5.74, 6) is -2.80. The molecule has 0 saturated heterocycles. The van der Waals surface area contributed by atoms with E-state index in [1.54, 1.807) is 24.3 Å². The van der Waals surface area contributed by atoms with Gasteiger partial charge in [0.2, 0.25) is 0 Å². The van der Waals surface area contributed by atoms with Gasteiger partial charge >= 0.3 is 23.9 Å². The van der Waals surface area contributed by atoms with Crippen LogP contribution in [0.25, 0.3) is 0 Å². The van der Waals surface area contributed by atoms with E-state index in [1.807, 2.05) is 0 Å². The Labute approximate surface area is 184 Å². The van der Waals surface area contributed by atoms with Crippen molar-refractivity contribution in [3.05, 3.63) is 41.6 Å². The number of esters is 4. The molecular formula is C20H23ClN2O8. The molecule has 0 radical (unpaired) electrons. The fourth-order valence-electron chi connectivity index (χ4n) is 2.29. The Balaban J connectivity index is 3.14. The highest BCUT2D eigenvalue weighted by molar-refractivity contribution is 6.30. The summed E-state index contributed by atoms with van der Waals surface area (Å²) in [5.41, 5.74) is 0.516. The maximum absolute atomic E-state index is 11.6. The van der Waals surface area contributed by atoms with E-state index in [1.165, 1.54) is 12.3 Å². The summed E-state index contributed by atoms with van der Waals surface area (Å²) in [7, 11) is 0. The van der Waals surface area contributed by atoms with Crippen molar-refractivity contribution in [3.63, 3.8) is 0 Å². The first-order chi connectivity index (χ1) is 14.6. The summed E-state index contributed by atoms with van der Waals surface area (Å²) < 4.78 is 20.4. The number of carbonyl (C=O) groups is 4. The number of halogens is 1. The van der Waals surface area contributed by atoms with E-state index in [4.69, 9.17) is 30.5 Å². The first-order valence-corrected chi connectivity index (χ1v) is 9.44. The Kier molecular flexibility index (Phi) is 10.9. The molecule has 168 valence electrons. The van der Waals surface area contributed by atoms with Crippen LogP contribution >= 0.6 is 11.6 Å². The first kappa shape index (κ1) is 25.8. The van der Waals surface area contributed by atoms with Gasteiger partial charge in [-0.2, -0.15) is 10.2 Å². The number of hydrogen-bond acceptors (Lipinski definition) is 10. The standard InChI is InChI=1S/C20H23ClN2O8/c1-12(24)28-11-19(30-14(3)26)20(31-15(4)27)18(29-13(2)25)9-10-22-23-17-7-5-16(21)6-8-17/h5-10,18-20H,11H2,1-4H3/b10-9+,23-22?/t18-,19-,20+/m1/s1. The number of benzene rings is 1. The van der Waals surface area contributed by atoms with E-state index < -0.39 is 48.8 Å². The fraction of sp³-hybridized carbons (Fsp3) is 0.400. The monoisotopic (exact) mass is 454 g/mol. The Hall–Kier alpha value is -3.27. The minimum Gasteiger partial charge on any atom is -0.462 e. The molecule has 0 aliphatic heterocycles. The third-order valence-electron chi connectivity index (χ3n) is 3.40. The zero-order chi connectivity index (χ0) is 23.4. The molecule has 0 amide bonds. The molecule has 10 nitrogen and oxygen atoms in total. The predicted molar refractivity (Wildman–Crippen MR) is 108 cm³/mol. The van der Waals surface area contributed by atoms with E-state index >= 15 is 0 Å². The van der Waals surface area contributed by atoms with Gasteiger partial charge in [-0.15, -0.1) is 0 Å². The molecule has 1 aromatic rings. The van der Waals surface area contributed by atoms with E-state index in [2.05, 4.69) is 10.2 Å². The molecular weight excluding hydrogens is 432 g/mol. The van der Waals surface area contributed by atoms with Gasteiger partial charge in [0.1, 0.15) is 6.61 Å². The van der Waals surface area contributed by atoms with Crippen LogP contribution in [0.5, 0.6) is 0 Å². The summed E-state index contributed by atoms with van der Waals surface area (Å²) in [6, 6.07) is 6.55. The van der Waals surface area contributed by atoms with Gasteiger partial charge in [0.05, 0.1) is 5.69 Å². The Morgan fingerprint density at radius 3 is 2.00 bits per heavy atom. The lowest BCUT2D eigenvalue weighted by Gasteiger charge is -2.30. The Bertz CT molecular complexity index is 838. The van der Waals surface area contributed by atoms with Crippen molar-refractivity contribution in [2.75, 3.05) is 6.61 Å². The smallest absolute Gasteiger partial charge is 0.303 e. The van der Waals surface area contributed by atoms with E-state index in [0.29, 0.717) is 10.7 Å². The van der Waals surface area contributed by atoms with Crippen LogP contribution in [0.3, 0.4) is 0 Å². The van der Waals surface area contributed by atoms with Gasteiger partial charge in [-0.3, -0.25) is 19.2 Å². The molecule has 0 saturated carbocycles. The van der Waals surface area contributed by atoms with Crippen molar-refractivity contribution in [2.45, 2.75) is 46.0 Å². The minimum absolute atomic E-state index is 0.426. The van der Waals surface area contributed by atoms with E-state index in [0.717, 1.165) is 27.7 Å². The van der Waals surface area contributed by atoms with Crippen LogP contribution in [-0.2, 0) is 38.1 Å². The molecule has 0 heterocycles. The third kappa shape index (κ3) is 10.9. The highest BCUT2D eigenvalue weighted by Crippen LogP contribution is 2.18. The molecule has 0 N–H and O–H groups in total. The molecule has 11 heteroatoms. The van der Waals surface area contributed by atoms with Crippen molar-refractivity contribution in [1.29, 1.82) is 0 Å². The second-order valence-corrected chi connectivity index (χ2v) is 6.57. The van der Waals surface area contributed by atoms with Crippen LogP contribution in [0.2, 0.25) is 5.02 Å². The summed E-state index contributed by atoms with van der Waals surface area (Å²) in [4.78, 5) is 45.9. The molecule has 0 aliphatic carbocycles. The van der Waals surface area contributed by atoms with Crippen LogP contribution < -0.4 is 0 Å². The molecule has 0 aromatic heterocycles. The van der Waals surface area contributed by atoms with Gasteiger partial charge in [0, 0.05) is 38.9 Å². The number of carbonyl (C=O) groups excluding carboxylic acids is 4. The predicted octanol–water partition coefficient (Wildman–Crippen LogP) is 3.30. The highest BCUT2D eigenvalue weighted by Gasteiger charge is 2.36. The molecule has 0 unspecified atom stereocenters. The summed E-state index contributed by atoms with van der Waals surface area (Å²) in [5, 5.41) is 8.34. The molecule has 1 rings (SSSR count). The maximum Gasteiger partial charge on any atom is 0.303 e. The lowest BCUT2D eigenvalue weighted by molar-refractivity contribution is -0.185. The van der Waals surface area contributed by atoms with Crippen LogP contribution in [0.15, 0.2) is 46.8 Å². The van der Waals surface area contributed by atoms with Crippen LogP contribution in [0.1, 0.15) is 27.7 Å². The SMILES string of the molecule is CC(=O)OC[C@@H](OC(C)=O)[C@@H](OC(C)=O)[C@@H](/C=C/N=Nc1ccc(Cl)cc1)OC(C)=O. The molecule has 0 aliphatic rings. The van der Waals surface area contributed by atoms with Gasteiger partial charge < -0.3 is 18.9 Å². The largest absolute Gasteiger partial charge is 0.462 e. The second-order valence-electron chi connectivity index (χ2n) is 6.13. The quantitative estimate of drug-likeness (QED) is 0.299. The van der Waals surface area contributed by atoms with Gasteiger partial charge in [0.15, 0.2) is 18.3 Å². The first-order valence-electron chi connectivity index (χ1n) is 9.06. The summed E-state index contributed by atoms with van der Waals surface area (Å²) in [6.07, 6.45) is -1.27. The average molecular weight is 455 g/mol. The van der Waals surface area contributed by atoms with E-state index in [9.17, 15) is 19.2 Å². The molecule has 1 aromatic carbocycles. The number of azo groups is 1. The minimum atomic E-state index is -1.31. The summed E-state index contributed by atoms with van der Waals surface area (Å²) in [6.45, 7) is 4.13. The third-order valence-corrected chi connectivity index (χ3v) is 3.66. The topological polar surface area (TPSA) is 130 Å². The van der Waals surface area contributed by atoms with Gasteiger partial charge in [-0.1, -0.05) is 11.6 Å². The lowest BCUT2D eigenvalue weighted by Crippen LogP contribution is -2.46. The van der Waals surface area contributed by atoms with Gasteiger partial charge in [-0.05, 0) is 30.3 Å². The van der Waals surface area contributed by atoms with Crippen molar-refractivity contribution in [3.8, 4) is 0 Å². The molecule has 0 bridgehead atoms. The zero-order valence-corrected chi connectivity index (χ0v) is 18.2.